The number of hydrogen-bond donors (Lipinski definition) is 2. The molecule has 2 heterocycles. The van der Waals surface area contributed by atoms with Crippen LogP contribution in [0.1, 0.15) is 10.4 Å². The SMILES string of the molecule is O=C(Nc1nccnn1)c1cccc2cc[nH]c12. The maximum atomic E-state index is 12.1. The van der Waals surface area contributed by atoms with E-state index in [4.69, 9.17) is 0 Å². The van der Waals surface area contributed by atoms with E-state index in [1.807, 2.05) is 18.2 Å². The predicted octanol–water partition coefficient (Wildman–Crippen LogP) is 1.61. The van der Waals surface area contributed by atoms with Crippen molar-refractivity contribution in [3.05, 3.63) is 48.4 Å². The van der Waals surface area contributed by atoms with E-state index in [-0.39, 0.29) is 11.9 Å². The van der Waals surface area contributed by atoms with E-state index in [1.165, 1.54) is 12.4 Å². The number of hydrogen-bond acceptors (Lipinski definition) is 4. The Balaban J connectivity index is 1.95. The number of rotatable bonds is 2. The summed E-state index contributed by atoms with van der Waals surface area (Å²) in [6.45, 7) is 0. The van der Waals surface area contributed by atoms with E-state index in [2.05, 4.69) is 25.5 Å². The smallest absolute Gasteiger partial charge is 0.260 e. The van der Waals surface area contributed by atoms with Crippen molar-refractivity contribution in [1.29, 1.82) is 0 Å². The van der Waals surface area contributed by atoms with E-state index in [0.29, 0.717) is 5.56 Å². The van der Waals surface area contributed by atoms with Gasteiger partial charge in [-0.1, -0.05) is 12.1 Å². The summed E-state index contributed by atoms with van der Waals surface area (Å²) in [4.78, 5) is 19.0. The lowest BCUT2D eigenvalue weighted by Crippen LogP contribution is -2.14. The van der Waals surface area contributed by atoms with Crippen LogP contribution in [-0.4, -0.2) is 26.1 Å². The van der Waals surface area contributed by atoms with Crippen molar-refractivity contribution in [3.63, 3.8) is 0 Å². The first kappa shape index (κ1) is 10.4. The molecule has 2 aromatic heterocycles. The van der Waals surface area contributed by atoms with Crippen molar-refractivity contribution in [2.24, 2.45) is 0 Å². The van der Waals surface area contributed by atoms with Gasteiger partial charge in [0.2, 0.25) is 5.95 Å². The number of anilines is 1. The number of carbonyl (C=O) groups is 1. The normalized spacial score (nSPS) is 10.4. The second-order valence-electron chi connectivity index (χ2n) is 3.67. The third-order valence-electron chi connectivity index (χ3n) is 2.54. The van der Waals surface area contributed by atoms with Gasteiger partial charge in [0.1, 0.15) is 0 Å². The minimum atomic E-state index is -0.268. The molecule has 0 aliphatic rings. The van der Waals surface area contributed by atoms with Gasteiger partial charge < -0.3 is 4.98 Å². The third kappa shape index (κ3) is 1.80. The number of amides is 1. The van der Waals surface area contributed by atoms with Gasteiger partial charge >= 0.3 is 0 Å². The van der Waals surface area contributed by atoms with Gasteiger partial charge in [-0.05, 0) is 12.1 Å². The summed E-state index contributed by atoms with van der Waals surface area (Å²) >= 11 is 0. The summed E-state index contributed by atoms with van der Waals surface area (Å²) in [7, 11) is 0. The monoisotopic (exact) mass is 239 g/mol. The fourth-order valence-electron chi connectivity index (χ4n) is 1.75. The quantitative estimate of drug-likeness (QED) is 0.711. The van der Waals surface area contributed by atoms with Crippen LogP contribution < -0.4 is 5.32 Å². The van der Waals surface area contributed by atoms with Crippen LogP contribution in [0.15, 0.2) is 42.9 Å². The second kappa shape index (κ2) is 4.25. The summed E-state index contributed by atoms with van der Waals surface area (Å²) in [6, 6.07) is 7.41. The van der Waals surface area contributed by atoms with Crippen LogP contribution >= 0.6 is 0 Å². The van der Waals surface area contributed by atoms with Crippen molar-refractivity contribution < 1.29 is 4.79 Å². The highest BCUT2D eigenvalue weighted by atomic mass is 16.1. The molecule has 0 bridgehead atoms. The summed E-state index contributed by atoms with van der Waals surface area (Å²) in [5.74, 6) is -0.0814. The van der Waals surface area contributed by atoms with Crippen LogP contribution in [0.25, 0.3) is 10.9 Å². The number of nitrogens with zero attached hydrogens (tertiary/aromatic N) is 3. The van der Waals surface area contributed by atoms with Gasteiger partial charge in [-0.15, -0.1) is 5.10 Å². The van der Waals surface area contributed by atoms with Crippen LogP contribution in [0, 0.1) is 0 Å². The van der Waals surface area contributed by atoms with Crippen molar-refractivity contribution in [2.75, 3.05) is 5.32 Å². The first-order valence-corrected chi connectivity index (χ1v) is 5.36. The van der Waals surface area contributed by atoms with Crippen molar-refractivity contribution >= 4 is 22.8 Å². The number of aromatic amines is 1. The zero-order valence-corrected chi connectivity index (χ0v) is 9.29. The maximum absolute atomic E-state index is 12.1. The Morgan fingerprint density at radius 3 is 3.00 bits per heavy atom. The lowest BCUT2D eigenvalue weighted by Gasteiger charge is -2.03. The molecular weight excluding hydrogens is 230 g/mol. The number of carbonyl (C=O) groups excluding carboxylic acids is 1. The van der Waals surface area contributed by atoms with E-state index < -0.39 is 0 Å². The first-order valence-electron chi connectivity index (χ1n) is 5.36. The molecule has 2 N–H and O–H groups in total. The number of para-hydroxylation sites is 1. The fourth-order valence-corrected chi connectivity index (χ4v) is 1.75. The number of fused-ring (bicyclic) bond motifs is 1. The molecule has 0 spiro atoms. The molecule has 88 valence electrons. The zero-order valence-electron chi connectivity index (χ0n) is 9.29. The molecule has 0 atom stereocenters. The summed E-state index contributed by atoms with van der Waals surface area (Å²) in [5, 5.41) is 10.9. The van der Waals surface area contributed by atoms with Gasteiger partial charge in [0, 0.05) is 11.6 Å². The average molecular weight is 239 g/mol. The molecule has 18 heavy (non-hydrogen) atoms. The molecule has 1 amide bonds. The molecule has 0 radical (unpaired) electrons. The molecule has 6 heteroatoms. The van der Waals surface area contributed by atoms with Crippen molar-refractivity contribution in [2.45, 2.75) is 0 Å². The van der Waals surface area contributed by atoms with Crippen LogP contribution in [0.2, 0.25) is 0 Å². The largest absolute Gasteiger partial charge is 0.361 e. The minimum absolute atomic E-state index is 0.186. The van der Waals surface area contributed by atoms with E-state index >= 15 is 0 Å². The first-order chi connectivity index (χ1) is 8.84. The Bertz CT molecular complexity index is 692. The summed E-state index contributed by atoms with van der Waals surface area (Å²) in [6.07, 6.45) is 4.71. The Labute approximate surface area is 102 Å². The van der Waals surface area contributed by atoms with Gasteiger partial charge in [0.25, 0.3) is 5.91 Å². The highest BCUT2D eigenvalue weighted by molar-refractivity contribution is 6.11. The summed E-state index contributed by atoms with van der Waals surface area (Å²) in [5.41, 5.74) is 1.34. The molecule has 0 aliphatic heterocycles. The lowest BCUT2D eigenvalue weighted by atomic mass is 10.1. The van der Waals surface area contributed by atoms with E-state index in [1.54, 1.807) is 12.3 Å². The highest BCUT2D eigenvalue weighted by Gasteiger charge is 2.11. The van der Waals surface area contributed by atoms with E-state index in [0.717, 1.165) is 10.9 Å². The molecule has 3 rings (SSSR count). The summed E-state index contributed by atoms with van der Waals surface area (Å²) < 4.78 is 0. The number of H-pyrrole nitrogens is 1. The molecule has 3 aromatic rings. The number of benzene rings is 1. The van der Waals surface area contributed by atoms with Gasteiger partial charge in [-0.2, -0.15) is 5.10 Å². The van der Waals surface area contributed by atoms with Crippen LogP contribution in [0.3, 0.4) is 0 Å². The average Bonchev–Trinajstić information content (AvgIpc) is 2.87. The topological polar surface area (TPSA) is 83.6 Å². The van der Waals surface area contributed by atoms with Crippen LogP contribution in [-0.2, 0) is 0 Å². The van der Waals surface area contributed by atoms with Crippen molar-refractivity contribution in [3.8, 4) is 0 Å². The van der Waals surface area contributed by atoms with Gasteiger partial charge in [-0.3, -0.25) is 10.1 Å². The molecule has 0 aliphatic carbocycles. The zero-order chi connectivity index (χ0) is 12.4. The molecule has 0 saturated heterocycles. The van der Waals surface area contributed by atoms with Gasteiger partial charge in [-0.25, -0.2) is 4.98 Å². The number of nitrogens with one attached hydrogen (secondary N) is 2. The molecule has 1 aromatic carbocycles. The van der Waals surface area contributed by atoms with Gasteiger partial charge in [0.05, 0.1) is 23.5 Å². The maximum Gasteiger partial charge on any atom is 0.260 e. The Hall–Kier alpha value is -2.76. The molecule has 0 saturated carbocycles. The highest BCUT2D eigenvalue weighted by Crippen LogP contribution is 2.17. The Morgan fingerprint density at radius 2 is 2.17 bits per heavy atom. The molecule has 0 unspecified atom stereocenters. The Kier molecular flexibility index (Phi) is 2.45. The second-order valence-corrected chi connectivity index (χ2v) is 3.67. The van der Waals surface area contributed by atoms with Gasteiger partial charge in [0.15, 0.2) is 0 Å². The molecule has 6 nitrogen and oxygen atoms in total. The van der Waals surface area contributed by atoms with E-state index in [9.17, 15) is 4.79 Å². The molecular formula is C12H9N5O. The standard InChI is InChI=1S/C12H9N5O/c18-11(16-12-14-6-7-15-17-12)9-3-1-2-8-4-5-13-10(8)9/h1-7,13H,(H,14,16,17,18). The Morgan fingerprint density at radius 1 is 1.22 bits per heavy atom. The van der Waals surface area contributed by atoms with Crippen LogP contribution in [0.4, 0.5) is 5.95 Å². The lowest BCUT2D eigenvalue weighted by molar-refractivity contribution is 0.102. The predicted molar refractivity (Wildman–Crippen MR) is 66.1 cm³/mol. The fraction of sp³-hybridized carbons (Fsp3) is 0. The van der Waals surface area contributed by atoms with Crippen LogP contribution in [0.5, 0.6) is 0 Å². The molecule has 0 fully saturated rings. The third-order valence-corrected chi connectivity index (χ3v) is 2.54. The minimum Gasteiger partial charge on any atom is -0.361 e. The number of aromatic nitrogens is 4. The van der Waals surface area contributed by atoms with Crippen molar-refractivity contribution in [1.82, 2.24) is 20.2 Å².